The van der Waals surface area contributed by atoms with Crippen LogP contribution in [0.25, 0.3) is 0 Å². The number of hydrogen-bond donors (Lipinski definition) is 0. The molecule has 2 amide bonds. The van der Waals surface area contributed by atoms with Crippen molar-refractivity contribution >= 4 is 52.6 Å². The van der Waals surface area contributed by atoms with Crippen molar-refractivity contribution in [1.29, 1.82) is 0 Å². The van der Waals surface area contributed by atoms with Gasteiger partial charge in [-0.3, -0.25) is 19.3 Å². The number of carbonyl (C=O) groups excluding carboxylic acids is 3. The Morgan fingerprint density at radius 2 is 1.23 bits per heavy atom. The third kappa shape index (κ3) is 3.93. The highest BCUT2D eigenvalue weighted by Gasteiger charge is 2.72. The Balaban J connectivity index is 1.13. The summed E-state index contributed by atoms with van der Waals surface area (Å²) in [6.45, 7) is 0.384. The minimum atomic E-state index is -1.17. The summed E-state index contributed by atoms with van der Waals surface area (Å²) >= 11 is 21.0. The Labute approximate surface area is 242 Å². The van der Waals surface area contributed by atoms with E-state index in [0.717, 1.165) is 27.8 Å². The second kappa shape index (κ2) is 9.96. The second-order valence-electron chi connectivity index (χ2n) is 10.4. The van der Waals surface area contributed by atoms with E-state index in [4.69, 9.17) is 39.5 Å². The minimum Gasteiger partial charge on any atom is -0.461 e. The number of nitrogens with zero attached hydrogens (tertiary/aromatic N) is 1. The van der Waals surface area contributed by atoms with Crippen molar-refractivity contribution in [1.82, 2.24) is 4.90 Å². The van der Waals surface area contributed by atoms with Gasteiger partial charge in [0.15, 0.2) is 0 Å². The average Bonchev–Trinajstić information content (AvgIpc) is 3.21. The van der Waals surface area contributed by atoms with E-state index in [0.29, 0.717) is 24.3 Å². The number of likely N-dealkylation sites (tertiary alicyclic amines) is 1. The lowest BCUT2D eigenvalue weighted by molar-refractivity contribution is -0.145. The Kier molecular flexibility index (Phi) is 6.73. The summed E-state index contributed by atoms with van der Waals surface area (Å²) in [4.78, 5) is 38.8. The largest absolute Gasteiger partial charge is 0.461 e. The summed E-state index contributed by atoms with van der Waals surface area (Å²) in [5, 5.41) is 0.558. The molecule has 0 spiro atoms. The van der Waals surface area contributed by atoms with Crippen LogP contribution in [0.4, 0.5) is 0 Å². The molecule has 2 bridgehead atoms. The van der Waals surface area contributed by atoms with Crippen LogP contribution >= 0.6 is 34.8 Å². The number of ether oxygens (including phenoxy) is 1. The van der Waals surface area contributed by atoms with Gasteiger partial charge in [0.2, 0.25) is 11.8 Å². The maximum atomic E-state index is 13.8. The van der Waals surface area contributed by atoms with Gasteiger partial charge in [-0.25, -0.2) is 0 Å². The third-order valence-electron chi connectivity index (χ3n) is 8.29. The Hall–Kier alpha value is -2.86. The zero-order valence-electron chi connectivity index (χ0n) is 21.0. The lowest BCUT2D eigenvalue weighted by atomic mass is 9.54. The zero-order chi connectivity index (χ0) is 27.4. The van der Waals surface area contributed by atoms with Gasteiger partial charge in [0, 0.05) is 23.6 Å². The fraction of sp³-hybridized carbons (Fsp3) is 0.323. The van der Waals surface area contributed by atoms with Gasteiger partial charge < -0.3 is 4.74 Å². The first kappa shape index (κ1) is 26.4. The highest BCUT2D eigenvalue weighted by molar-refractivity contribution is 6.36. The topological polar surface area (TPSA) is 63.7 Å². The molecular weight excluding hydrogens is 557 g/mol. The van der Waals surface area contributed by atoms with Crippen LogP contribution in [-0.4, -0.2) is 29.2 Å². The molecule has 39 heavy (non-hydrogen) atoms. The monoisotopic (exact) mass is 581 g/mol. The van der Waals surface area contributed by atoms with Gasteiger partial charge in [0.1, 0.15) is 16.4 Å². The maximum Gasteiger partial charge on any atom is 0.306 e. The lowest BCUT2D eigenvalue weighted by Gasteiger charge is -2.54. The number of amides is 2. The van der Waals surface area contributed by atoms with Crippen LogP contribution < -0.4 is 0 Å². The number of esters is 1. The summed E-state index contributed by atoms with van der Waals surface area (Å²) < 4.78 is 5.33. The molecule has 1 heterocycles. The molecule has 2 atom stereocenters. The number of imide groups is 1. The van der Waals surface area contributed by atoms with E-state index in [1.54, 1.807) is 6.07 Å². The number of carbonyl (C=O) groups is 3. The highest BCUT2D eigenvalue weighted by Crippen LogP contribution is 2.69. The number of benzene rings is 3. The molecule has 1 saturated heterocycles. The van der Waals surface area contributed by atoms with Crippen LogP contribution in [0.5, 0.6) is 0 Å². The molecule has 3 aromatic carbocycles. The Morgan fingerprint density at radius 3 is 1.74 bits per heavy atom. The molecule has 0 radical (unpaired) electrons. The molecule has 7 rings (SSSR count). The number of halogens is 3. The number of rotatable bonds is 8. The molecule has 0 aromatic heterocycles. The van der Waals surface area contributed by atoms with Crippen LogP contribution in [0.15, 0.2) is 72.8 Å². The molecule has 3 aliphatic carbocycles. The highest BCUT2D eigenvalue weighted by atomic mass is 35.5. The molecular formula is C31H26Cl3NO4. The first-order valence-electron chi connectivity index (χ1n) is 13.1. The van der Waals surface area contributed by atoms with Gasteiger partial charge in [0.25, 0.3) is 0 Å². The molecule has 4 aliphatic rings. The fourth-order valence-electron chi connectivity index (χ4n) is 6.51. The number of alkyl halides is 2. The number of unbranched alkanes of at least 4 members (excludes halogenated alkanes) is 2. The summed E-state index contributed by atoms with van der Waals surface area (Å²) in [5.41, 5.74) is 3.92. The second-order valence-corrected chi connectivity index (χ2v) is 12.0. The van der Waals surface area contributed by atoms with Crippen molar-refractivity contribution in [2.45, 2.75) is 42.0 Å². The van der Waals surface area contributed by atoms with E-state index in [1.165, 1.54) is 4.90 Å². The predicted octanol–water partition coefficient (Wildman–Crippen LogP) is 6.54. The van der Waals surface area contributed by atoms with Gasteiger partial charge in [-0.15, -0.1) is 23.2 Å². The van der Waals surface area contributed by atoms with Gasteiger partial charge >= 0.3 is 5.97 Å². The van der Waals surface area contributed by atoms with E-state index in [9.17, 15) is 14.4 Å². The summed E-state index contributed by atoms with van der Waals surface area (Å²) in [7, 11) is 0. The zero-order valence-corrected chi connectivity index (χ0v) is 23.3. The minimum absolute atomic E-state index is 0.128. The Morgan fingerprint density at radius 1 is 0.744 bits per heavy atom. The van der Waals surface area contributed by atoms with Crippen molar-refractivity contribution in [2.24, 2.45) is 11.8 Å². The SMILES string of the molecule is O=C(CCCCCN1C(=O)[C@@H]2[C@H](C1=O)C1(Cl)c3ccccc3C2(Cl)c2ccccc21)OCc1ccccc1Cl. The fourth-order valence-corrected chi connectivity index (χ4v) is 7.80. The quantitative estimate of drug-likeness (QED) is 0.131. The van der Waals surface area contributed by atoms with Crippen LogP contribution in [0.3, 0.4) is 0 Å². The van der Waals surface area contributed by atoms with Crippen molar-refractivity contribution in [2.75, 3.05) is 6.54 Å². The molecule has 8 heteroatoms. The Bertz CT molecular complexity index is 1370. The van der Waals surface area contributed by atoms with E-state index >= 15 is 0 Å². The molecule has 5 nitrogen and oxygen atoms in total. The van der Waals surface area contributed by atoms with Gasteiger partial charge in [-0.05, 0) is 41.2 Å². The first-order valence-corrected chi connectivity index (χ1v) is 14.2. The molecule has 0 saturated carbocycles. The van der Waals surface area contributed by atoms with Crippen LogP contribution in [0.1, 0.15) is 53.5 Å². The van der Waals surface area contributed by atoms with Crippen molar-refractivity contribution < 1.29 is 19.1 Å². The maximum absolute atomic E-state index is 13.8. The average molecular weight is 583 g/mol. The standard InChI is InChI=1S/C31H26Cl3NO4/c32-24-15-8-3-10-19(24)18-39-25(36)16-2-1-9-17-35-28(37)26-27(29(35)38)31(34)21-12-5-4-11-20(21)30(26,33)22-13-6-7-14-23(22)31/h3-8,10-15,26-27H,1-2,9,16-18H2/t26-,27+,30?,31?. The molecule has 1 aliphatic heterocycles. The summed E-state index contributed by atoms with van der Waals surface area (Å²) in [5.74, 6) is -2.45. The van der Waals surface area contributed by atoms with Crippen molar-refractivity contribution in [3.63, 3.8) is 0 Å². The van der Waals surface area contributed by atoms with E-state index in [1.807, 2.05) is 66.7 Å². The van der Waals surface area contributed by atoms with E-state index in [2.05, 4.69) is 0 Å². The number of hydrogen-bond acceptors (Lipinski definition) is 4. The normalized spacial score (nSPS) is 26.3. The first-order chi connectivity index (χ1) is 18.8. The van der Waals surface area contributed by atoms with Gasteiger partial charge in [-0.1, -0.05) is 84.8 Å². The van der Waals surface area contributed by atoms with Crippen LogP contribution in [0.2, 0.25) is 5.02 Å². The molecule has 200 valence electrons. The third-order valence-corrected chi connectivity index (χ3v) is 9.94. The smallest absolute Gasteiger partial charge is 0.306 e. The van der Waals surface area contributed by atoms with Gasteiger partial charge in [0.05, 0.1) is 11.8 Å². The van der Waals surface area contributed by atoms with E-state index in [-0.39, 0.29) is 37.4 Å². The predicted molar refractivity (Wildman–Crippen MR) is 150 cm³/mol. The van der Waals surface area contributed by atoms with Crippen LogP contribution in [-0.2, 0) is 35.5 Å². The molecule has 1 fully saturated rings. The van der Waals surface area contributed by atoms with E-state index < -0.39 is 21.6 Å². The van der Waals surface area contributed by atoms with Crippen LogP contribution in [0, 0.1) is 11.8 Å². The summed E-state index contributed by atoms with van der Waals surface area (Å²) in [6.07, 6.45) is 2.06. The van der Waals surface area contributed by atoms with Gasteiger partial charge in [-0.2, -0.15) is 0 Å². The summed E-state index contributed by atoms with van der Waals surface area (Å²) in [6, 6.07) is 22.4. The molecule has 0 unspecified atom stereocenters. The molecule has 0 N–H and O–H groups in total. The lowest BCUT2D eigenvalue weighted by Crippen LogP contribution is -2.57. The van der Waals surface area contributed by atoms with Crippen molar-refractivity contribution in [3.8, 4) is 0 Å². The van der Waals surface area contributed by atoms with Crippen molar-refractivity contribution in [3.05, 3.63) is 106 Å². The molecule has 3 aromatic rings.